The quantitative estimate of drug-likeness (QED) is 0.129. The third-order valence-electron chi connectivity index (χ3n) is 12.2. The first kappa shape index (κ1) is 54.5. The average Bonchev–Trinajstić information content (AvgIpc) is 4.06. The van der Waals surface area contributed by atoms with Gasteiger partial charge >= 0.3 is 5.97 Å². The van der Waals surface area contributed by atoms with Crippen molar-refractivity contribution in [3.8, 4) is 0 Å². The number of aliphatic hydroxyl groups is 2. The van der Waals surface area contributed by atoms with E-state index in [2.05, 4.69) is 26.6 Å². The maximum Gasteiger partial charge on any atom is 0.329 e. The van der Waals surface area contributed by atoms with Crippen LogP contribution in [0.1, 0.15) is 101 Å². The van der Waals surface area contributed by atoms with Gasteiger partial charge in [0.1, 0.15) is 54.6 Å². The third-order valence-corrected chi connectivity index (χ3v) is 13.3. The van der Waals surface area contributed by atoms with Crippen molar-refractivity contribution in [2.45, 2.75) is 161 Å². The first-order valence-electron chi connectivity index (χ1n) is 23.3. The van der Waals surface area contributed by atoms with E-state index in [1.807, 2.05) is 27.7 Å². The Hall–Kier alpha value is -5.09. The molecule has 4 aliphatic rings. The molecule has 4 heterocycles. The summed E-state index contributed by atoms with van der Waals surface area (Å²) in [5.41, 5.74) is -0.0937. The number of aliphatic imine (C=N–C) groups is 1. The fourth-order valence-corrected chi connectivity index (χ4v) is 9.83. The number of carbonyl (C=O) groups is 9. The molecule has 0 aliphatic carbocycles. The number of cyclic esters (lactones) is 1. The number of nitrogens with zero attached hydrogens (tertiary/aromatic N) is 4. The molecule has 2 saturated heterocycles. The molecular formula is C45H71N9O12S. The van der Waals surface area contributed by atoms with E-state index in [0.717, 1.165) is 4.90 Å². The van der Waals surface area contributed by atoms with Crippen LogP contribution in [0.4, 0.5) is 0 Å². The molecule has 0 radical (unpaired) electrons. The Morgan fingerprint density at radius 2 is 1.36 bits per heavy atom. The first-order valence-corrected chi connectivity index (χ1v) is 24.3. The van der Waals surface area contributed by atoms with Crippen LogP contribution in [0.3, 0.4) is 0 Å². The Morgan fingerprint density at radius 1 is 0.761 bits per heavy atom. The number of nitrogens with one attached hydrogen (secondary N) is 5. The molecule has 1 unspecified atom stereocenters. The lowest BCUT2D eigenvalue weighted by Crippen LogP contribution is -2.60. The van der Waals surface area contributed by atoms with Crippen LogP contribution in [-0.4, -0.2) is 176 Å². The van der Waals surface area contributed by atoms with Crippen molar-refractivity contribution >= 4 is 70.0 Å². The standard InChI is InChI=1S/C45H71N9O12S/c1-11-27-42(62)53-16-12-14-31(53)39(60)51-34(26(9)55)44(64)52(10)35(24(6)7)45(65)66-20-33(56)40(61)46-25(8)36(57)48-28(18-22(2)3)37(58)49-29(19-23(4)5)43(63)54-17-13-15-32(54)41-50-30(21-67-41)38(59)47-27/h11,22-26,28-35,55-56H,12-21H2,1-10H3,(H,46,61)(H,47,59)(H,48,57)(H,49,58)(H,51,60)/b27-11+/t25-,26?,28+,29+,30-,31-,32-,33-,34-,35-/m0/s1. The normalized spacial score (nSPS) is 30.9. The molecular weight excluding hydrogens is 891 g/mol. The van der Waals surface area contributed by atoms with Crippen molar-refractivity contribution in [2.24, 2.45) is 22.7 Å². The number of hydrogen-bond acceptors (Lipinski definition) is 14. The molecule has 7 N–H and O–H groups in total. The second kappa shape index (κ2) is 24.3. The number of carbonyl (C=O) groups excluding carboxylic acids is 9. The van der Waals surface area contributed by atoms with Crippen molar-refractivity contribution < 1.29 is 58.1 Å². The number of ether oxygens (including phenoxy) is 1. The number of aliphatic hydroxyl groups excluding tert-OH is 2. The second-order valence-electron chi connectivity index (χ2n) is 19.0. The average molecular weight is 962 g/mol. The minimum Gasteiger partial charge on any atom is -0.461 e. The van der Waals surface area contributed by atoms with Crippen molar-refractivity contribution in [3.63, 3.8) is 0 Å². The smallest absolute Gasteiger partial charge is 0.329 e. The lowest BCUT2D eigenvalue weighted by molar-refractivity contribution is -0.161. The molecule has 67 heavy (non-hydrogen) atoms. The third kappa shape index (κ3) is 14.0. The molecule has 22 heteroatoms. The number of amides is 8. The van der Waals surface area contributed by atoms with Gasteiger partial charge in [0.2, 0.25) is 35.4 Å². The Labute approximate surface area is 396 Å². The molecule has 0 aromatic rings. The second-order valence-corrected chi connectivity index (χ2v) is 20.0. The lowest BCUT2D eigenvalue weighted by Gasteiger charge is -2.34. The van der Waals surface area contributed by atoms with Gasteiger partial charge in [0.25, 0.3) is 11.8 Å². The zero-order valence-electron chi connectivity index (χ0n) is 40.3. The summed E-state index contributed by atoms with van der Waals surface area (Å²) in [4.78, 5) is 133. The maximum absolute atomic E-state index is 14.4. The van der Waals surface area contributed by atoms with E-state index in [4.69, 9.17) is 9.73 Å². The fourth-order valence-electron chi connectivity index (χ4n) is 8.63. The van der Waals surface area contributed by atoms with Gasteiger partial charge in [-0.05, 0) is 77.0 Å². The van der Waals surface area contributed by atoms with Crippen LogP contribution >= 0.6 is 11.8 Å². The molecule has 4 rings (SSSR count). The van der Waals surface area contributed by atoms with E-state index in [1.165, 1.54) is 43.6 Å². The van der Waals surface area contributed by atoms with E-state index in [-0.39, 0.29) is 55.0 Å². The fraction of sp³-hybridized carbons (Fsp3) is 0.733. The highest BCUT2D eigenvalue weighted by Gasteiger charge is 2.43. The van der Waals surface area contributed by atoms with E-state index in [0.29, 0.717) is 30.9 Å². The van der Waals surface area contributed by atoms with Gasteiger partial charge in [-0.1, -0.05) is 47.6 Å². The summed E-state index contributed by atoms with van der Waals surface area (Å²) in [5.74, 6) is -7.13. The largest absolute Gasteiger partial charge is 0.461 e. The van der Waals surface area contributed by atoms with Crippen LogP contribution < -0.4 is 26.6 Å². The van der Waals surface area contributed by atoms with Crippen LogP contribution in [-0.2, 0) is 47.9 Å². The predicted octanol–water partition coefficient (Wildman–Crippen LogP) is -0.665. The Morgan fingerprint density at radius 3 is 1.96 bits per heavy atom. The monoisotopic (exact) mass is 961 g/mol. The molecule has 10 atom stereocenters. The van der Waals surface area contributed by atoms with Crippen molar-refractivity contribution in [2.75, 3.05) is 32.5 Å². The highest BCUT2D eigenvalue weighted by atomic mass is 32.2. The number of fused-ring (bicyclic) bond motifs is 4. The molecule has 374 valence electrons. The molecule has 0 saturated carbocycles. The van der Waals surface area contributed by atoms with Gasteiger partial charge in [0.05, 0.1) is 17.2 Å². The first-order chi connectivity index (χ1) is 31.5. The predicted molar refractivity (Wildman–Crippen MR) is 247 cm³/mol. The number of likely N-dealkylation sites (N-methyl/N-ethyl adjacent to an activating group) is 1. The lowest BCUT2D eigenvalue weighted by atomic mass is 9.99. The summed E-state index contributed by atoms with van der Waals surface area (Å²) < 4.78 is 5.29. The number of allylic oxidation sites excluding steroid dienone is 1. The van der Waals surface area contributed by atoms with Gasteiger partial charge < -0.3 is 56.2 Å². The topological polar surface area (TPSA) is 286 Å². The van der Waals surface area contributed by atoms with Crippen LogP contribution in [0, 0.1) is 17.8 Å². The van der Waals surface area contributed by atoms with Crippen LogP contribution in [0.15, 0.2) is 16.8 Å². The van der Waals surface area contributed by atoms with Gasteiger partial charge in [-0.3, -0.25) is 43.3 Å². The van der Waals surface area contributed by atoms with E-state index in [9.17, 15) is 53.4 Å². The van der Waals surface area contributed by atoms with E-state index >= 15 is 0 Å². The summed E-state index contributed by atoms with van der Waals surface area (Å²) in [6.45, 7) is 14.6. The van der Waals surface area contributed by atoms with Gasteiger partial charge in [-0.25, -0.2) is 4.79 Å². The molecule has 21 nitrogen and oxygen atoms in total. The number of rotatable bonds is 6. The van der Waals surface area contributed by atoms with Crippen molar-refractivity contribution in [1.29, 1.82) is 0 Å². The number of thioether (sulfide) groups is 1. The van der Waals surface area contributed by atoms with Crippen LogP contribution in [0.2, 0.25) is 0 Å². The Bertz CT molecular complexity index is 1940. The molecule has 8 amide bonds. The van der Waals surface area contributed by atoms with Gasteiger partial charge in [-0.15, -0.1) is 11.8 Å². The Kier molecular flexibility index (Phi) is 19.7. The van der Waals surface area contributed by atoms with Gasteiger partial charge in [0, 0.05) is 25.9 Å². The van der Waals surface area contributed by atoms with Gasteiger partial charge in [0.15, 0.2) is 6.10 Å². The van der Waals surface area contributed by atoms with Gasteiger partial charge in [-0.2, -0.15) is 0 Å². The van der Waals surface area contributed by atoms with Crippen molar-refractivity contribution in [1.82, 2.24) is 41.3 Å². The zero-order chi connectivity index (χ0) is 50.0. The number of esters is 1. The molecule has 0 spiro atoms. The number of hydrogen-bond donors (Lipinski definition) is 7. The maximum atomic E-state index is 14.4. The Balaban J connectivity index is 1.68. The molecule has 4 aliphatic heterocycles. The summed E-state index contributed by atoms with van der Waals surface area (Å²) in [7, 11) is 1.27. The summed E-state index contributed by atoms with van der Waals surface area (Å²) in [6, 6.07) is -8.74. The summed E-state index contributed by atoms with van der Waals surface area (Å²) in [5, 5.41) is 35.2. The highest BCUT2D eigenvalue weighted by molar-refractivity contribution is 8.14. The highest BCUT2D eigenvalue weighted by Crippen LogP contribution is 2.31. The van der Waals surface area contributed by atoms with E-state index in [1.54, 1.807) is 25.7 Å². The van der Waals surface area contributed by atoms with Crippen molar-refractivity contribution in [3.05, 3.63) is 11.8 Å². The molecule has 0 aromatic heterocycles. The van der Waals surface area contributed by atoms with Crippen LogP contribution in [0.25, 0.3) is 0 Å². The minimum absolute atomic E-state index is 0.0255. The SMILES string of the molecule is C/C=C1/NC(=O)[C@@H]2CSC(=N2)[C@@H]2CCCN2C(=O)[C@@H](CC(C)C)NC(=O)[C@@H](CC(C)C)NC(=O)[C@H](C)NC(=O)[C@@H](O)COC(=O)[C@H](C(C)C)N(C)C(=O)[C@H](C(C)O)NC(=O)[C@@H]2CCCN2C1=O. The van der Waals surface area contributed by atoms with Crippen LogP contribution in [0.5, 0.6) is 0 Å². The minimum atomic E-state index is -1.96. The van der Waals surface area contributed by atoms with E-state index < -0.39 is 120 Å². The molecule has 2 bridgehead atoms. The summed E-state index contributed by atoms with van der Waals surface area (Å²) >= 11 is 1.33. The zero-order valence-corrected chi connectivity index (χ0v) is 41.1. The summed E-state index contributed by atoms with van der Waals surface area (Å²) in [6.07, 6.45) is 0.285. The molecule has 2 fully saturated rings. The molecule has 0 aromatic carbocycles.